The molecule has 8 nitrogen and oxygen atoms in total. The number of amides is 2. The van der Waals surface area contributed by atoms with Crippen molar-refractivity contribution >= 4 is 29.3 Å². The van der Waals surface area contributed by atoms with E-state index in [0.717, 1.165) is 5.56 Å². The second-order valence-corrected chi connectivity index (χ2v) is 8.97. The van der Waals surface area contributed by atoms with Gasteiger partial charge >= 0.3 is 6.09 Å². The first kappa shape index (κ1) is 21.8. The zero-order chi connectivity index (χ0) is 22.9. The molecule has 5 rings (SSSR count). The van der Waals surface area contributed by atoms with E-state index in [-0.39, 0.29) is 42.9 Å². The van der Waals surface area contributed by atoms with Gasteiger partial charge in [0.25, 0.3) is 5.91 Å². The molecule has 0 unspecified atom stereocenters. The number of rotatable bonds is 6. The molecule has 10 heteroatoms. The summed E-state index contributed by atoms with van der Waals surface area (Å²) >= 11 is 5.91. The predicted octanol–water partition coefficient (Wildman–Crippen LogP) is 3.19. The molecule has 0 aliphatic carbocycles. The SMILES string of the molecule is O=C(NCc1ccc(Cl)cc1)c1cc(O[C@H]2CCN3C(=O)OC[C@@H]3C2)c(N2CC(F)C2)cn1. The lowest BCUT2D eigenvalue weighted by atomic mass is 10.0. The average molecular weight is 475 g/mol. The number of halogens is 2. The molecular formula is C23H24ClFN4O4. The standard InChI is InChI=1S/C23H24ClFN4O4/c24-15-3-1-14(2-4-15)9-27-22(30)19-8-21(20(10-26-19)28-11-16(25)12-28)33-18-5-6-29-17(7-18)13-32-23(29)31/h1-4,8,10,16-18H,5-7,9,11-13H2,(H,27,30)/t17-,18-/m0/s1. The van der Waals surface area contributed by atoms with Crippen molar-refractivity contribution < 1.29 is 23.5 Å². The Morgan fingerprint density at radius 1 is 1.30 bits per heavy atom. The Morgan fingerprint density at radius 3 is 2.85 bits per heavy atom. The van der Waals surface area contributed by atoms with E-state index in [1.807, 2.05) is 17.0 Å². The van der Waals surface area contributed by atoms with Crippen LogP contribution >= 0.6 is 11.6 Å². The minimum Gasteiger partial charge on any atom is -0.488 e. The van der Waals surface area contributed by atoms with Gasteiger partial charge in [0.05, 0.1) is 31.0 Å². The van der Waals surface area contributed by atoms with E-state index < -0.39 is 6.17 Å². The lowest BCUT2D eigenvalue weighted by Gasteiger charge is -2.38. The number of aromatic nitrogens is 1. The number of nitrogens with zero attached hydrogens (tertiary/aromatic N) is 3. The molecule has 0 spiro atoms. The molecule has 2 atom stereocenters. The number of nitrogens with one attached hydrogen (secondary N) is 1. The van der Waals surface area contributed by atoms with Crippen LogP contribution in [0, 0.1) is 0 Å². The van der Waals surface area contributed by atoms with Gasteiger partial charge in [0, 0.05) is 37.0 Å². The van der Waals surface area contributed by atoms with E-state index in [2.05, 4.69) is 10.3 Å². The number of fused-ring (bicyclic) bond motifs is 1. The highest BCUT2D eigenvalue weighted by Gasteiger charge is 2.39. The van der Waals surface area contributed by atoms with Crippen molar-refractivity contribution in [1.29, 1.82) is 0 Å². The molecule has 1 N–H and O–H groups in total. The van der Waals surface area contributed by atoms with Crippen molar-refractivity contribution in [2.75, 3.05) is 31.1 Å². The molecule has 0 bridgehead atoms. The maximum absolute atomic E-state index is 13.5. The third-order valence-corrected chi connectivity index (χ3v) is 6.47. The molecule has 0 radical (unpaired) electrons. The van der Waals surface area contributed by atoms with Crippen molar-refractivity contribution in [2.45, 2.75) is 37.7 Å². The Labute approximate surface area is 195 Å². The summed E-state index contributed by atoms with van der Waals surface area (Å²) in [7, 11) is 0. The zero-order valence-corrected chi connectivity index (χ0v) is 18.6. The van der Waals surface area contributed by atoms with Gasteiger partial charge in [-0.05, 0) is 17.7 Å². The summed E-state index contributed by atoms with van der Waals surface area (Å²) < 4.78 is 24.9. The van der Waals surface area contributed by atoms with Gasteiger partial charge in [-0.3, -0.25) is 4.79 Å². The van der Waals surface area contributed by atoms with Gasteiger partial charge in [-0.1, -0.05) is 23.7 Å². The van der Waals surface area contributed by atoms with Crippen LogP contribution in [0.3, 0.4) is 0 Å². The first-order chi connectivity index (χ1) is 16.0. The van der Waals surface area contributed by atoms with Gasteiger partial charge in [0.2, 0.25) is 0 Å². The van der Waals surface area contributed by atoms with Crippen LogP contribution in [0.1, 0.15) is 28.9 Å². The lowest BCUT2D eigenvalue weighted by Crippen LogP contribution is -2.49. The number of pyridine rings is 1. The van der Waals surface area contributed by atoms with E-state index in [1.54, 1.807) is 29.3 Å². The summed E-state index contributed by atoms with van der Waals surface area (Å²) in [6, 6.07) is 8.82. The molecule has 1 aromatic carbocycles. The quantitative estimate of drug-likeness (QED) is 0.692. The summed E-state index contributed by atoms with van der Waals surface area (Å²) in [4.78, 5) is 32.4. The van der Waals surface area contributed by atoms with Gasteiger partial charge in [0.1, 0.15) is 30.3 Å². The Morgan fingerprint density at radius 2 is 2.09 bits per heavy atom. The number of carbonyl (C=O) groups is 2. The Bertz CT molecular complexity index is 1050. The minimum absolute atomic E-state index is 0.0112. The van der Waals surface area contributed by atoms with Crippen molar-refractivity contribution in [3.63, 3.8) is 0 Å². The van der Waals surface area contributed by atoms with Crippen molar-refractivity contribution in [3.05, 3.63) is 52.8 Å². The minimum atomic E-state index is -0.884. The van der Waals surface area contributed by atoms with Crippen LogP contribution in [-0.2, 0) is 11.3 Å². The molecule has 3 aliphatic rings. The fourth-order valence-corrected chi connectivity index (χ4v) is 4.46. The van der Waals surface area contributed by atoms with Crippen LogP contribution in [-0.4, -0.2) is 66.4 Å². The number of hydrogen-bond donors (Lipinski definition) is 1. The van der Waals surface area contributed by atoms with Crippen molar-refractivity contribution in [2.24, 2.45) is 0 Å². The monoisotopic (exact) mass is 474 g/mol. The van der Waals surface area contributed by atoms with Crippen LogP contribution in [0.2, 0.25) is 5.02 Å². The number of carbonyl (C=O) groups excluding carboxylic acids is 2. The molecule has 3 saturated heterocycles. The van der Waals surface area contributed by atoms with Crippen LogP contribution in [0.4, 0.5) is 14.9 Å². The normalized spacial score (nSPS) is 22.4. The zero-order valence-electron chi connectivity index (χ0n) is 17.9. The molecule has 3 fully saturated rings. The Kier molecular flexibility index (Phi) is 5.97. The van der Waals surface area contributed by atoms with Crippen LogP contribution < -0.4 is 15.0 Å². The molecule has 0 saturated carbocycles. The van der Waals surface area contributed by atoms with Crippen LogP contribution in [0.15, 0.2) is 36.5 Å². The molecule has 1 aromatic heterocycles. The maximum Gasteiger partial charge on any atom is 0.410 e. The summed E-state index contributed by atoms with van der Waals surface area (Å²) in [5.41, 5.74) is 1.80. The number of piperidine rings is 1. The largest absolute Gasteiger partial charge is 0.488 e. The Balaban J connectivity index is 1.30. The summed E-state index contributed by atoms with van der Waals surface area (Å²) in [5, 5.41) is 3.48. The number of hydrogen-bond acceptors (Lipinski definition) is 6. The lowest BCUT2D eigenvalue weighted by molar-refractivity contribution is 0.0912. The topological polar surface area (TPSA) is 84.0 Å². The third kappa shape index (κ3) is 4.68. The smallest absolute Gasteiger partial charge is 0.410 e. The number of anilines is 1. The van der Waals surface area contributed by atoms with E-state index in [9.17, 15) is 14.0 Å². The highest BCUT2D eigenvalue weighted by Crippen LogP contribution is 2.35. The van der Waals surface area contributed by atoms with Crippen molar-refractivity contribution in [1.82, 2.24) is 15.2 Å². The highest BCUT2D eigenvalue weighted by molar-refractivity contribution is 6.30. The molecule has 33 heavy (non-hydrogen) atoms. The number of alkyl halides is 1. The molecular weight excluding hydrogens is 451 g/mol. The van der Waals surface area contributed by atoms with E-state index in [0.29, 0.717) is 49.0 Å². The summed E-state index contributed by atoms with van der Waals surface area (Å²) in [6.45, 7) is 1.78. The summed E-state index contributed by atoms with van der Waals surface area (Å²) in [6.07, 6.45) is 1.54. The van der Waals surface area contributed by atoms with Gasteiger partial charge in [0.15, 0.2) is 0 Å². The maximum atomic E-state index is 13.5. The Hall–Kier alpha value is -3.07. The summed E-state index contributed by atoms with van der Waals surface area (Å²) in [5.74, 6) is 0.162. The highest BCUT2D eigenvalue weighted by atomic mass is 35.5. The second-order valence-electron chi connectivity index (χ2n) is 8.54. The fraction of sp³-hybridized carbons (Fsp3) is 0.435. The third-order valence-electron chi connectivity index (χ3n) is 6.22. The van der Waals surface area contributed by atoms with E-state index in [1.165, 1.54) is 0 Å². The number of cyclic esters (lactones) is 1. The van der Waals surface area contributed by atoms with Crippen LogP contribution in [0.5, 0.6) is 5.75 Å². The van der Waals surface area contributed by atoms with E-state index >= 15 is 0 Å². The fourth-order valence-electron chi connectivity index (χ4n) is 4.33. The average Bonchev–Trinajstić information content (AvgIpc) is 3.16. The predicted molar refractivity (Wildman–Crippen MR) is 119 cm³/mol. The molecule has 3 aliphatic heterocycles. The van der Waals surface area contributed by atoms with Gasteiger partial charge in [-0.15, -0.1) is 0 Å². The molecule has 4 heterocycles. The number of benzene rings is 1. The van der Waals surface area contributed by atoms with E-state index in [4.69, 9.17) is 21.1 Å². The van der Waals surface area contributed by atoms with Crippen LogP contribution in [0.25, 0.3) is 0 Å². The first-order valence-electron chi connectivity index (χ1n) is 11.0. The van der Waals surface area contributed by atoms with Gasteiger partial charge in [-0.25, -0.2) is 14.2 Å². The second kappa shape index (κ2) is 9.05. The molecule has 174 valence electrons. The van der Waals surface area contributed by atoms with Gasteiger partial charge in [-0.2, -0.15) is 0 Å². The van der Waals surface area contributed by atoms with Gasteiger partial charge < -0.3 is 24.6 Å². The molecule has 2 aromatic rings. The number of ether oxygens (including phenoxy) is 2. The van der Waals surface area contributed by atoms with Crippen molar-refractivity contribution in [3.8, 4) is 5.75 Å². The molecule has 2 amide bonds. The first-order valence-corrected chi connectivity index (χ1v) is 11.4.